The zero-order valence-corrected chi connectivity index (χ0v) is 12.5. The minimum absolute atomic E-state index is 0.114. The SMILES string of the molecule is COC(=O)c1cc(SC)n2c(C(C)(C)C)nnc2c1. The zero-order chi connectivity index (χ0) is 14.2. The second-order valence-corrected chi connectivity index (χ2v) is 6.07. The number of thioether (sulfide) groups is 1. The second-order valence-electron chi connectivity index (χ2n) is 5.25. The van der Waals surface area contributed by atoms with E-state index >= 15 is 0 Å². The Labute approximate surface area is 116 Å². The lowest BCUT2D eigenvalue weighted by atomic mass is 9.96. The highest BCUT2D eigenvalue weighted by Crippen LogP contribution is 2.27. The van der Waals surface area contributed by atoms with Gasteiger partial charge in [0.25, 0.3) is 0 Å². The monoisotopic (exact) mass is 279 g/mol. The molecule has 0 aliphatic heterocycles. The molecule has 0 aliphatic carbocycles. The van der Waals surface area contributed by atoms with Gasteiger partial charge >= 0.3 is 5.97 Å². The highest BCUT2D eigenvalue weighted by molar-refractivity contribution is 7.98. The maximum atomic E-state index is 11.6. The van der Waals surface area contributed by atoms with Crippen LogP contribution < -0.4 is 0 Å². The number of rotatable bonds is 2. The van der Waals surface area contributed by atoms with E-state index in [1.165, 1.54) is 7.11 Å². The van der Waals surface area contributed by atoms with E-state index in [1.54, 1.807) is 17.8 Å². The topological polar surface area (TPSA) is 56.5 Å². The predicted molar refractivity (Wildman–Crippen MR) is 74.8 cm³/mol. The number of hydrogen-bond donors (Lipinski definition) is 0. The molecule has 0 atom stereocenters. The third kappa shape index (κ3) is 2.45. The van der Waals surface area contributed by atoms with Crippen LogP contribution in [-0.4, -0.2) is 33.9 Å². The van der Waals surface area contributed by atoms with Crippen molar-refractivity contribution in [1.29, 1.82) is 0 Å². The van der Waals surface area contributed by atoms with Gasteiger partial charge in [0.2, 0.25) is 0 Å². The van der Waals surface area contributed by atoms with Crippen LogP contribution in [0.3, 0.4) is 0 Å². The van der Waals surface area contributed by atoms with Crippen LogP contribution in [0, 0.1) is 0 Å². The van der Waals surface area contributed by atoms with Gasteiger partial charge in [-0.3, -0.25) is 4.40 Å². The summed E-state index contributed by atoms with van der Waals surface area (Å²) in [5.74, 6) is 0.515. The van der Waals surface area contributed by atoms with Crippen LogP contribution in [0.2, 0.25) is 0 Å². The first-order chi connectivity index (χ1) is 8.88. The predicted octanol–water partition coefficient (Wildman–Crippen LogP) is 2.54. The fourth-order valence-electron chi connectivity index (χ4n) is 1.86. The maximum absolute atomic E-state index is 11.6. The summed E-state index contributed by atoms with van der Waals surface area (Å²) in [6.45, 7) is 6.26. The number of pyridine rings is 1. The second kappa shape index (κ2) is 4.85. The minimum atomic E-state index is -0.363. The summed E-state index contributed by atoms with van der Waals surface area (Å²) < 4.78 is 6.74. The molecule has 2 aromatic rings. The van der Waals surface area contributed by atoms with Gasteiger partial charge in [-0.15, -0.1) is 22.0 Å². The van der Waals surface area contributed by atoms with E-state index in [0.29, 0.717) is 11.2 Å². The van der Waals surface area contributed by atoms with Crippen molar-refractivity contribution in [2.45, 2.75) is 31.2 Å². The van der Waals surface area contributed by atoms with Gasteiger partial charge in [-0.25, -0.2) is 4.79 Å². The van der Waals surface area contributed by atoms with Crippen LogP contribution in [0.1, 0.15) is 37.0 Å². The smallest absolute Gasteiger partial charge is 0.338 e. The fourth-order valence-corrected chi connectivity index (χ4v) is 2.46. The van der Waals surface area contributed by atoms with Crippen molar-refractivity contribution in [3.8, 4) is 0 Å². The molecule has 19 heavy (non-hydrogen) atoms. The highest BCUT2D eigenvalue weighted by Gasteiger charge is 2.23. The van der Waals surface area contributed by atoms with Crippen molar-refractivity contribution in [2.24, 2.45) is 0 Å². The molecule has 0 saturated carbocycles. The van der Waals surface area contributed by atoms with E-state index < -0.39 is 0 Å². The van der Waals surface area contributed by atoms with Crippen molar-refractivity contribution in [3.05, 3.63) is 23.5 Å². The zero-order valence-electron chi connectivity index (χ0n) is 11.7. The van der Waals surface area contributed by atoms with Crippen molar-refractivity contribution in [2.75, 3.05) is 13.4 Å². The first-order valence-corrected chi connectivity index (χ1v) is 7.13. The lowest BCUT2D eigenvalue weighted by Gasteiger charge is -2.17. The quantitative estimate of drug-likeness (QED) is 0.624. The molecular formula is C13H17N3O2S. The Morgan fingerprint density at radius 2 is 2.00 bits per heavy atom. The van der Waals surface area contributed by atoms with Gasteiger partial charge < -0.3 is 4.74 Å². The summed E-state index contributed by atoms with van der Waals surface area (Å²) in [6, 6.07) is 3.51. The summed E-state index contributed by atoms with van der Waals surface area (Å²) in [5.41, 5.74) is 1.04. The molecule has 0 radical (unpaired) electrons. The number of aromatic nitrogens is 3. The van der Waals surface area contributed by atoms with E-state index in [2.05, 4.69) is 31.0 Å². The standard InChI is InChI=1S/C13H17N3O2S/c1-13(2,3)12-15-14-9-6-8(11(17)18-4)7-10(19-5)16(9)12/h6-7H,1-5H3. The Bertz CT molecular complexity index is 629. The highest BCUT2D eigenvalue weighted by atomic mass is 32.2. The number of nitrogens with zero attached hydrogens (tertiary/aromatic N) is 3. The molecule has 0 amide bonds. The number of esters is 1. The lowest BCUT2D eigenvalue weighted by molar-refractivity contribution is 0.0600. The third-order valence-corrected chi connectivity index (χ3v) is 3.49. The molecule has 2 aromatic heterocycles. The molecule has 0 saturated heterocycles. The maximum Gasteiger partial charge on any atom is 0.338 e. The number of carbonyl (C=O) groups excluding carboxylic acids is 1. The molecule has 0 aliphatic rings. The van der Waals surface area contributed by atoms with Gasteiger partial charge in [0, 0.05) is 5.41 Å². The molecule has 0 unspecified atom stereocenters. The van der Waals surface area contributed by atoms with E-state index in [-0.39, 0.29) is 11.4 Å². The van der Waals surface area contributed by atoms with E-state index in [0.717, 1.165) is 10.9 Å². The van der Waals surface area contributed by atoms with E-state index in [1.807, 2.05) is 16.7 Å². The minimum Gasteiger partial charge on any atom is -0.465 e. The van der Waals surface area contributed by atoms with Crippen molar-refractivity contribution >= 4 is 23.4 Å². The van der Waals surface area contributed by atoms with Crippen molar-refractivity contribution in [3.63, 3.8) is 0 Å². The van der Waals surface area contributed by atoms with Crippen LogP contribution >= 0.6 is 11.8 Å². The molecule has 0 N–H and O–H groups in total. The Morgan fingerprint density at radius 1 is 1.32 bits per heavy atom. The summed E-state index contributed by atoms with van der Waals surface area (Å²) in [4.78, 5) is 11.6. The molecule has 0 aromatic carbocycles. The molecule has 5 nitrogen and oxygen atoms in total. The van der Waals surface area contributed by atoms with Crippen LogP contribution in [0.5, 0.6) is 0 Å². The molecular weight excluding hydrogens is 262 g/mol. The number of carbonyl (C=O) groups is 1. The number of fused-ring (bicyclic) bond motifs is 1. The molecule has 0 spiro atoms. The Kier molecular flexibility index (Phi) is 3.54. The van der Waals surface area contributed by atoms with Gasteiger partial charge in [-0.2, -0.15) is 0 Å². The first kappa shape index (κ1) is 13.9. The lowest BCUT2D eigenvalue weighted by Crippen LogP contribution is -2.17. The normalized spacial score (nSPS) is 11.8. The number of ether oxygens (including phenoxy) is 1. The van der Waals surface area contributed by atoms with Crippen LogP contribution in [0.25, 0.3) is 5.65 Å². The number of hydrogen-bond acceptors (Lipinski definition) is 5. The molecule has 2 heterocycles. The van der Waals surface area contributed by atoms with Crippen molar-refractivity contribution in [1.82, 2.24) is 14.6 Å². The molecule has 6 heteroatoms. The van der Waals surface area contributed by atoms with Gasteiger partial charge in [0.1, 0.15) is 5.82 Å². The average Bonchev–Trinajstić information content (AvgIpc) is 2.80. The Balaban J connectivity index is 2.72. The number of methoxy groups -OCH3 is 1. The average molecular weight is 279 g/mol. The van der Waals surface area contributed by atoms with Gasteiger partial charge in [0.15, 0.2) is 5.65 Å². The largest absolute Gasteiger partial charge is 0.465 e. The van der Waals surface area contributed by atoms with Crippen LogP contribution in [-0.2, 0) is 10.2 Å². The van der Waals surface area contributed by atoms with Crippen LogP contribution in [0.4, 0.5) is 0 Å². The van der Waals surface area contributed by atoms with Crippen molar-refractivity contribution < 1.29 is 9.53 Å². The molecule has 2 rings (SSSR count). The fraction of sp³-hybridized carbons (Fsp3) is 0.462. The molecule has 0 bridgehead atoms. The van der Waals surface area contributed by atoms with E-state index in [9.17, 15) is 4.79 Å². The van der Waals surface area contributed by atoms with Gasteiger partial charge in [-0.05, 0) is 18.4 Å². The molecule has 0 fully saturated rings. The van der Waals surface area contributed by atoms with E-state index in [4.69, 9.17) is 4.74 Å². The summed E-state index contributed by atoms with van der Waals surface area (Å²) >= 11 is 1.55. The van der Waals surface area contributed by atoms with Gasteiger partial charge in [-0.1, -0.05) is 20.8 Å². The Morgan fingerprint density at radius 3 is 2.53 bits per heavy atom. The third-order valence-electron chi connectivity index (χ3n) is 2.77. The summed E-state index contributed by atoms with van der Waals surface area (Å²) in [5, 5.41) is 9.34. The van der Waals surface area contributed by atoms with Crippen LogP contribution in [0.15, 0.2) is 17.2 Å². The Hall–Kier alpha value is -1.56. The summed E-state index contributed by atoms with van der Waals surface area (Å²) in [7, 11) is 1.37. The van der Waals surface area contributed by atoms with Gasteiger partial charge in [0.05, 0.1) is 17.7 Å². The first-order valence-electron chi connectivity index (χ1n) is 5.90. The summed E-state index contributed by atoms with van der Waals surface area (Å²) in [6.07, 6.45) is 1.96. The molecule has 102 valence electrons.